The molecule has 3 nitrogen and oxygen atoms in total. The van der Waals surface area contributed by atoms with E-state index < -0.39 is 0 Å². The van der Waals surface area contributed by atoms with Crippen LogP contribution in [0, 0.1) is 0 Å². The fourth-order valence-corrected chi connectivity index (χ4v) is 2.02. The zero-order valence-electron chi connectivity index (χ0n) is 9.05. The Morgan fingerprint density at radius 1 is 1.38 bits per heavy atom. The molecule has 16 heavy (non-hydrogen) atoms. The van der Waals surface area contributed by atoms with Crippen LogP contribution in [0.3, 0.4) is 0 Å². The van der Waals surface area contributed by atoms with Crippen LogP contribution in [0.25, 0.3) is 0 Å². The normalized spacial score (nSPS) is 12.6. The summed E-state index contributed by atoms with van der Waals surface area (Å²) >= 11 is 1.60. The molecule has 0 radical (unpaired) electrons. The molecule has 2 rings (SSSR count). The van der Waals surface area contributed by atoms with E-state index in [0.29, 0.717) is 5.75 Å². The first kappa shape index (κ1) is 11.1. The van der Waals surface area contributed by atoms with Crippen molar-refractivity contribution in [2.45, 2.75) is 19.5 Å². The fourth-order valence-electron chi connectivity index (χ4n) is 1.46. The van der Waals surface area contributed by atoms with Crippen molar-refractivity contribution in [3.05, 3.63) is 46.4 Å². The van der Waals surface area contributed by atoms with Crippen molar-refractivity contribution in [2.24, 2.45) is 0 Å². The van der Waals surface area contributed by atoms with E-state index in [9.17, 15) is 5.11 Å². The summed E-state index contributed by atoms with van der Waals surface area (Å²) in [6.45, 7) is 2.87. The lowest BCUT2D eigenvalue weighted by molar-refractivity contribution is 0.474. The standard InChI is InChI=1S/C12H14N2OS/c1-9(10-2-4-12(15)5-3-10)13-6-11-7-16-8-14-11/h2-5,7-9,13,15H,6H2,1H3. The lowest BCUT2D eigenvalue weighted by Crippen LogP contribution is -2.18. The van der Waals surface area contributed by atoms with Crippen molar-refractivity contribution in [3.8, 4) is 5.75 Å². The number of nitrogens with one attached hydrogen (secondary N) is 1. The predicted molar refractivity (Wildman–Crippen MR) is 65.5 cm³/mol. The molecule has 1 aromatic carbocycles. The topological polar surface area (TPSA) is 45.2 Å². The average molecular weight is 234 g/mol. The highest BCUT2D eigenvalue weighted by Crippen LogP contribution is 2.16. The fraction of sp³-hybridized carbons (Fsp3) is 0.250. The number of thiazole rings is 1. The van der Waals surface area contributed by atoms with Crippen LogP contribution < -0.4 is 5.32 Å². The number of rotatable bonds is 4. The van der Waals surface area contributed by atoms with Crippen LogP contribution in [-0.4, -0.2) is 10.1 Å². The van der Waals surface area contributed by atoms with Crippen molar-refractivity contribution in [1.29, 1.82) is 0 Å². The zero-order valence-corrected chi connectivity index (χ0v) is 9.87. The number of phenolic OH excluding ortho intramolecular Hbond substituents is 1. The van der Waals surface area contributed by atoms with Crippen molar-refractivity contribution in [3.63, 3.8) is 0 Å². The van der Waals surface area contributed by atoms with Gasteiger partial charge in [0.2, 0.25) is 0 Å². The maximum Gasteiger partial charge on any atom is 0.115 e. The number of aromatic hydroxyl groups is 1. The van der Waals surface area contributed by atoms with E-state index in [1.165, 1.54) is 0 Å². The van der Waals surface area contributed by atoms with E-state index in [4.69, 9.17) is 0 Å². The van der Waals surface area contributed by atoms with Crippen LogP contribution in [-0.2, 0) is 6.54 Å². The second-order valence-corrected chi connectivity index (χ2v) is 4.39. The van der Waals surface area contributed by atoms with Crippen LogP contribution >= 0.6 is 11.3 Å². The van der Waals surface area contributed by atoms with Crippen molar-refractivity contribution in [2.75, 3.05) is 0 Å². The number of phenols is 1. The molecule has 0 amide bonds. The Labute approximate surface area is 98.8 Å². The van der Waals surface area contributed by atoms with E-state index in [0.717, 1.165) is 17.8 Å². The number of hydrogen-bond acceptors (Lipinski definition) is 4. The number of nitrogens with zero attached hydrogens (tertiary/aromatic N) is 1. The Kier molecular flexibility index (Phi) is 3.54. The minimum absolute atomic E-state index is 0.252. The van der Waals surface area contributed by atoms with Gasteiger partial charge in [-0.2, -0.15) is 0 Å². The largest absolute Gasteiger partial charge is 0.508 e. The van der Waals surface area contributed by atoms with Gasteiger partial charge in [0.05, 0.1) is 11.2 Å². The van der Waals surface area contributed by atoms with E-state index in [2.05, 4.69) is 17.2 Å². The Hall–Kier alpha value is -1.39. The van der Waals surface area contributed by atoms with E-state index >= 15 is 0 Å². The maximum absolute atomic E-state index is 9.19. The zero-order chi connectivity index (χ0) is 11.4. The Bertz CT molecular complexity index is 425. The molecule has 4 heteroatoms. The van der Waals surface area contributed by atoms with Gasteiger partial charge < -0.3 is 10.4 Å². The summed E-state index contributed by atoms with van der Waals surface area (Å²) in [5, 5.41) is 14.6. The lowest BCUT2D eigenvalue weighted by atomic mass is 10.1. The molecule has 0 aliphatic heterocycles. The lowest BCUT2D eigenvalue weighted by Gasteiger charge is -2.13. The summed E-state index contributed by atoms with van der Waals surface area (Å²) in [5.41, 5.74) is 4.06. The van der Waals surface area contributed by atoms with Crippen LogP contribution in [0.4, 0.5) is 0 Å². The van der Waals surface area contributed by atoms with Gasteiger partial charge in [-0.25, -0.2) is 4.98 Å². The van der Waals surface area contributed by atoms with Crippen LogP contribution in [0.15, 0.2) is 35.2 Å². The quantitative estimate of drug-likeness (QED) is 0.855. The van der Waals surface area contributed by atoms with Crippen LogP contribution in [0.5, 0.6) is 5.75 Å². The molecule has 0 bridgehead atoms. The summed E-state index contributed by atoms with van der Waals surface area (Å²) in [6, 6.07) is 7.51. The van der Waals surface area contributed by atoms with Crippen LogP contribution in [0.1, 0.15) is 24.2 Å². The molecule has 0 saturated carbocycles. The SMILES string of the molecule is CC(NCc1cscn1)c1ccc(O)cc1. The Morgan fingerprint density at radius 3 is 2.75 bits per heavy atom. The molecule has 0 spiro atoms. The average Bonchev–Trinajstić information content (AvgIpc) is 2.80. The number of aromatic nitrogens is 1. The van der Waals surface area contributed by atoms with E-state index in [-0.39, 0.29) is 6.04 Å². The molecule has 84 valence electrons. The molecule has 2 N–H and O–H groups in total. The highest BCUT2D eigenvalue weighted by atomic mass is 32.1. The molecular formula is C12H14N2OS. The van der Waals surface area contributed by atoms with Gasteiger partial charge in [0.25, 0.3) is 0 Å². The smallest absolute Gasteiger partial charge is 0.115 e. The summed E-state index contributed by atoms with van der Waals surface area (Å²) < 4.78 is 0. The van der Waals surface area contributed by atoms with Gasteiger partial charge in [-0.1, -0.05) is 12.1 Å². The highest BCUT2D eigenvalue weighted by Gasteiger charge is 2.05. The minimum Gasteiger partial charge on any atom is -0.508 e. The highest BCUT2D eigenvalue weighted by molar-refractivity contribution is 7.07. The van der Waals surface area contributed by atoms with Crippen LogP contribution in [0.2, 0.25) is 0 Å². The first-order chi connectivity index (χ1) is 7.75. The van der Waals surface area contributed by atoms with E-state index in [1.54, 1.807) is 23.5 Å². The molecule has 0 aliphatic carbocycles. The first-order valence-corrected chi connectivity index (χ1v) is 6.09. The minimum atomic E-state index is 0.252. The third kappa shape index (κ3) is 2.81. The molecule has 0 fully saturated rings. The van der Waals surface area contributed by atoms with Gasteiger partial charge in [-0.15, -0.1) is 11.3 Å². The van der Waals surface area contributed by atoms with Crippen molar-refractivity contribution < 1.29 is 5.11 Å². The predicted octanol–water partition coefficient (Wildman–Crippen LogP) is 2.70. The second kappa shape index (κ2) is 5.09. The molecule has 0 saturated heterocycles. The van der Waals surface area contributed by atoms with Gasteiger partial charge >= 0.3 is 0 Å². The summed E-state index contributed by atoms with van der Waals surface area (Å²) in [7, 11) is 0. The Balaban J connectivity index is 1.93. The molecule has 0 aliphatic rings. The van der Waals surface area contributed by atoms with E-state index in [1.807, 2.05) is 23.0 Å². The second-order valence-electron chi connectivity index (χ2n) is 3.67. The molecule has 2 aromatic rings. The van der Waals surface area contributed by atoms with Crippen molar-refractivity contribution >= 4 is 11.3 Å². The number of benzene rings is 1. The molecule has 1 atom stereocenters. The van der Waals surface area contributed by atoms with Gasteiger partial charge in [-0.3, -0.25) is 0 Å². The maximum atomic E-state index is 9.19. The first-order valence-electron chi connectivity index (χ1n) is 5.15. The third-order valence-corrected chi connectivity index (χ3v) is 3.10. The summed E-state index contributed by atoms with van der Waals surface area (Å²) in [4.78, 5) is 4.21. The third-order valence-electron chi connectivity index (χ3n) is 2.47. The molecule has 1 unspecified atom stereocenters. The van der Waals surface area contributed by atoms with Gasteiger partial charge in [0, 0.05) is 18.0 Å². The molecular weight excluding hydrogens is 220 g/mol. The Morgan fingerprint density at radius 2 is 2.12 bits per heavy atom. The van der Waals surface area contributed by atoms with Gasteiger partial charge in [0.1, 0.15) is 5.75 Å². The molecule has 1 aromatic heterocycles. The van der Waals surface area contributed by atoms with Gasteiger partial charge in [0.15, 0.2) is 0 Å². The number of hydrogen-bond donors (Lipinski definition) is 2. The summed E-state index contributed by atoms with van der Waals surface area (Å²) in [5.74, 6) is 0.301. The van der Waals surface area contributed by atoms with Crippen molar-refractivity contribution in [1.82, 2.24) is 10.3 Å². The van der Waals surface area contributed by atoms with Gasteiger partial charge in [-0.05, 0) is 24.6 Å². The summed E-state index contributed by atoms with van der Waals surface area (Å²) in [6.07, 6.45) is 0. The monoisotopic (exact) mass is 234 g/mol. The molecule has 1 heterocycles.